The fourth-order valence-corrected chi connectivity index (χ4v) is 9.87. The molecule has 0 aliphatic carbocycles. The van der Waals surface area contributed by atoms with E-state index in [1.807, 2.05) is 19.9 Å². The summed E-state index contributed by atoms with van der Waals surface area (Å²) < 4.78 is 18.1. The molecule has 1 heterocycles. The summed E-state index contributed by atoms with van der Waals surface area (Å²) in [5.74, 6) is -0.196. The lowest BCUT2D eigenvalue weighted by Crippen LogP contribution is -2.64. The molecule has 5 nitrogen and oxygen atoms in total. The Kier molecular flexibility index (Phi) is 8.74. The standard InChI is InChI=1S/C23H44O5Si/c1-15(12-13-19(24)26-11)17(3)20(25)18(4)21-16(2)14-27-29(28-21,22(5,6)7)23(8,9)10/h12,16-18,20-21,25H,13-14H2,1-11H3/b15-12+/t16-,17-,18+,20-,21+/m0/s1. The Labute approximate surface area is 179 Å². The Balaban J connectivity index is 3.09. The van der Waals surface area contributed by atoms with Gasteiger partial charge in [0.2, 0.25) is 0 Å². The average molecular weight is 429 g/mol. The molecule has 0 bridgehead atoms. The number of rotatable bonds is 6. The number of esters is 1. The number of carbonyl (C=O) groups excluding carboxylic acids is 1. The number of hydrogen-bond acceptors (Lipinski definition) is 5. The summed E-state index contributed by atoms with van der Waals surface area (Å²) in [4.78, 5) is 11.4. The van der Waals surface area contributed by atoms with E-state index in [0.29, 0.717) is 6.61 Å². The summed E-state index contributed by atoms with van der Waals surface area (Å²) in [6, 6.07) is 0. The molecule has 170 valence electrons. The van der Waals surface area contributed by atoms with E-state index in [0.717, 1.165) is 5.57 Å². The highest BCUT2D eigenvalue weighted by Crippen LogP contribution is 2.55. The molecule has 1 fully saturated rings. The monoisotopic (exact) mass is 428 g/mol. The second-order valence-corrected chi connectivity index (χ2v) is 15.6. The van der Waals surface area contributed by atoms with E-state index < -0.39 is 14.7 Å². The largest absolute Gasteiger partial charge is 0.469 e. The normalized spacial score (nSPS) is 26.6. The van der Waals surface area contributed by atoms with Gasteiger partial charge in [-0.15, -0.1) is 0 Å². The quantitative estimate of drug-likeness (QED) is 0.357. The van der Waals surface area contributed by atoms with Crippen molar-refractivity contribution in [2.75, 3.05) is 13.7 Å². The molecule has 1 N–H and O–H groups in total. The molecule has 0 aromatic rings. The molecule has 0 aromatic carbocycles. The van der Waals surface area contributed by atoms with Crippen molar-refractivity contribution in [1.82, 2.24) is 0 Å². The van der Waals surface area contributed by atoms with Gasteiger partial charge in [0.25, 0.3) is 0 Å². The van der Waals surface area contributed by atoms with Crippen LogP contribution in [0.4, 0.5) is 0 Å². The van der Waals surface area contributed by atoms with E-state index in [-0.39, 0.29) is 46.3 Å². The number of hydrogen-bond donors (Lipinski definition) is 1. The van der Waals surface area contributed by atoms with Crippen molar-refractivity contribution in [3.8, 4) is 0 Å². The number of methoxy groups -OCH3 is 1. The molecule has 0 unspecified atom stereocenters. The molecule has 0 spiro atoms. The van der Waals surface area contributed by atoms with Crippen LogP contribution < -0.4 is 0 Å². The van der Waals surface area contributed by atoms with Gasteiger partial charge < -0.3 is 18.7 Å². The lowest BCUT2D eigenvalue weighted by atomic mass is 9.82. The molecule has 0 amide bonds. The molecule has 1 aliphatic heterocycles. The molecule has 6 heteroatoms. The van der Waals surface area contributed by atoms with Crippen LogP contribution in [0.5, 0.6) is 0 Å². The number of aliphatic hydroxyl groups excluding tert-OH is 1. The van der Waals surface area contributed by atoms with Crippen LogP contribution in [0, 0.1) is 17.8 Å². The highest BCUT2D eigenvalue weighted by molar-refractivity contribution is 6.73. The first-order valence-corrected chi connectivity index (χ1v) is 12.6. The van der Waals surface area contributed by atoms with Crippen molar-refractivity contribution in [1.29, 1.82) is 0 Å². The summed E-state index contributed by atoms with van der Waals surface area (Å²) >= 11 is 0. The molecule has 0 radical (unpaired) electrons. The van der Waals surface area contributed by atoms with Crippen molar-refractivity contribution in [3.05, 3.63) is 11.6 Å². The first kappa shape index (κ1) is 26.3. The van der Waals surface area contributed by atoms with Gasteiger partial charge in [-0.25, -0.2) is 0 Å². The molecule has 1 rings (SSSR count). The molecule has 0 saturated carbocycles. The van der Waals surface area contributed by atoms with Crippen LogP contribution in [0.1, 0.15) is 75.7 Å². The van der Waals surface area contributed by atoms with Crippen LogP contribution in [-0.4, -0.2) is 45.6 Å². The minimum atomic E-state index is -2.58. The van der Waals surface area contributed by atoms with E-state index in [4.69, 9.17) is 13.6 Å². The fourth-order valence-electron chi connectivity index (χ4n) is 4.66. The molecule has 29 heavy (non-hydrogen) atoms. The Morgan fingerprint density at radius 1 is 1.21 bits per heavy atom. The van der Waals surface area contributed by atoms with Crippen LogP contribution in [0.3, 0.4) is 0 Å². The minimum absolute atomic E-state index is 0.0537. The van der Waals surface area contributed by atoms with Gasteiger partial charge in [0.1, 0.15) is 0 Å². The van der Waals surface area contributed by atoms with Gasteiger partial charge in [0, 0.05) is 34.4 Å². The van der Waals surface area contributed by atoms with Gasteiger partial charge in [-0.1, -0.05) is 74.0 Å². The van der Waals surface area contributed by atoms with Crippen LogP contribution in [0.2, 0.25) is 10.1 Å². The minimum Gasteiger partial charge on any atom is -0.469 e. The van der Waals surface area contributed by atoms with Gasteiger partial charge in [0.05, 0.1) is 25.7 Å². The molecule has 5 atom stereocenters. The van der Waals surface area contributed by atoms with Crippen molar-refractivity contribution >= 4 is 14.5 Å². The Morgan fingerprint density at radius 3 is 2.17 bits per heavy atom. The topological polar surface area (TPSA) is 65.0 Å². The molecular formula is C23H44O5Si. The molecule has 0 aromatic heterocycles. The van der Waals surface area contributed by atoms with E-state index >= 15 is 0 Å². The highest BCUT2D eigenvalue weighted by atomic mass is 28.4. The fraction of sp³-hybridized carbons (Fsp3) is 0.870. The van der Waals surface area contributed by atoms with Gasteiger partial charge in [-0.2, -0.15) is 0 Å². The summed E-state index contributed by atoms with van der Waals surface area (Å²) in [6.07, 6.45) is 1.44. The zero-order valence-corrected chi connectivity index (χ0v) is 21.5. The summed E-state index contributed by atoms with van der Waals surface area (Å²) in [7, 11) is -1.20. The first-order chi connectivity index (χ1) is 13.1. The Morgan fingerprint density at radius 2 is 1.72 bits per heavy atom. The summed E-state index contributed by atoms with van der Waals surface area (Å²) in [5, 5.41) is 11.0. The van der Waals surface area contributed by atoms with Crippen molar-refractivity contribution < 1.29 is 23.5 Å². The van der Waals surface area contributed by atoms with E-state index in [2.05, 4.69) is 55.4 Å². The zero-order chi connectivity index (χ0) is 22.8. The Bertz CT molecular complexity index is 573. The van der Waals surface area contributed by atoms with Gasteiger partial charge in [-0.05, 0) is 6.92 Å². The van der Waals surface area contributed by atoms with Crippen LogP contribution in [0.15, 0.2) is 11.6 Å². The van der Waals surface area contributed by atoms with Crippen LogP contribution >= 0.6 is 0 Å². The molecule has 1 saturated heterocycles. The van der Waals surface area contributed by atoms with Gasteiger partial charge >= 0.3 is 14.5 Å². The predicted octanol–water partition coefficient (Wildman–Crippen LogP) is 5.22. The maximum Gasteiger partial charge on any atom is 0.349 e. The summed E-state index contributed by atoms with van der Waals surface area (Å²) in [6.45, 7) is 22.1. The van der Waals surface area contributed by atoms with Gasteiger partial charge in [-0.3, -0.25) is 4.79 Å². The van der Waals surface area contributed by atoms with Crippen molar-refractivity contribution in [2.24, 2.45) is 17.8 Å². The molecule has 1 aliphatic rings. The van der Waals surface area contributed by atoms with Crippen molar-refractivity contribution in [3.63, 3.8) is 0 Å². The Hall–Kier alpha value is -0.693. The third-order valence-electron chi connectivity index (χ3n) is 6.49. The lowest BCUT2D eigenvalue weighted by Gasteiger charge is -2.55. The number of aliphatic hydroxyl groups is 1. The lowest BCUT2D eigenvalue weighted by molar-refractivity contribution is -0.139. The summed E-state index contributed by atoms with van der Waals surface area (Å²) in [5.41, 5.74) is 0.990. The highest BCUT2D eigenvalue weighted by Gasteiger charge is 2.62. The van der Waals surface area contributed by atoms with Gasteiger partial charge in [0.15, 0.2) is 0 Å². The van der Waals surface area contributed by atoms with Crippen LogP contribution in [0.25, 0.3) is 0 Å². The van der Waals surface area contributed by atoms with E-state index in [1.165, 1.54) is 7.11 Å². The predicted molar refractivity (Wildman–Crippen MR) is 120 cm³/mol. The number of ether oxygens (including phenoxy) is 1. The average Bonchev–Trinajstić information content (AvgIpc) is 2.62. The third-order valence-corrected chi connectivity index (χ3v) is 11.6. The maximum absolute atomic E-state index is 11.4. The SMILES string of the molecule is COC(=O)C/C=C(\C)[C@H](C)[C@H](O)[C@@H](C)[C@@H]1O[Si](C(C)(C)C)(C(C)(C)C)OC[C@@H]1C. The second kappa shape index (κ2) is 9.63. The maximum atomic E-state index is 11.4. The van der Waals surface area contributed by atoms with E-state index in [9.17, 15) is 9.90 Å². The zero-order valence-electron chi connectivity index (χ0n) is 20.5. The second-order valence-electron chi connectivity index (χ2n) is 10.9. The molecular weight excluding hydrogens is 384 g/mol. The van der Waals surface area contributed by atoms with Crippen molar-refractivity contribution in [2.45, 2.75) is 97.9 Å². The third kappa shape index (κ3) is 5.72. The van der Waals surface area contributed by atoms with E-state index in [1.54, 1.807) is 0 Å². The smallest absolute Gasteiger partial charge is 0.349 e. The van der Waals surface area contributed by atoms with Crippen LogP contribution in [-0.2, 0) is 18.4 Å². The number of carbonyl (C=O) groups is 1. The first-order valence-electron chi connectivity index (χ1n) is 10.8.